The third-order valence-electron chi connectivity index (χ3n) is 2.97. The van der Waals surface area contributed by atoms with Crippen LogP contribution in [-0.4, -0.2) is 21.7 Å². The molecule has 20 heavy (non-hydrogen) atoms. The van der Waals surface area contributed by atoms with Gasteiger partial charge in [0.05, 0.1) is 6.20 Å². The molecule has 0 aliphatic carbocycles. The summed E-state index contributed by atoms with van der Waals surface area (Å²) in [4.78, 5) is 35.0. The molecule has 6 nitrogen and oxygen atoms in total. The average Bonchev–Trinajstić information content (AvgIpc) is 2.43. The van der Waals surface area contributed by atoms with Gasteiger partial charge in [-0.2, -0.15) is 4.39 Å². The Bertz CT molecular complexity index is 577. The van der Waals surface area contributed by atoms with Gasteiger partial charge in [0, 0.05) is 13.1 Å². The molecule has 1 rings (SSSR count). The van der Waals surface area contributed by atoms with E-state index in [1.807, 2.05) is 0 Å². The SMILES string of the molecule is CCCCCCNC(=O)n1cc(F)c(=O)n(CC)c1=O. The molecule has 112 valence electrons. The standard InChI is InChI=1S/C13H20FN3O3/c1-3-5-6-7-8-15-12(19)17-9-10(14)11(18)16(4-2)13(17)20/h9H,3-8H2,1-2H3,(H,15,19). The molecule has 0 bridgehead atoms. The summed E-state index contributed by atoms with van der Waals surface area (Å²) in [5.74, 6) is -1.12. The number of carbonyl (C=O) groups is 1. The Morgan fingerprint density at radius 3 is 2.55 bits per heavy atom. The van der Waals surface area contributed by atoms with E-state index >= 15 is 0 Å². The first kappa shape index (κ1) is 16.1. The predicted molar refractivity (Wildman–Crippen MR) is 73.5 cm³/mol. The summed E-state index contributed by atoms with van der Waals surface area (Å²) in [5.41, 5.74) is -1.84. The Labute approximate surface area is 116 Å². The molecular formula is C13H20FN3O3. The number of nitrogens with zero attached hydrogens (tertiary/aromatic N) is 2. The van der Waals surface area contributed by atoms with Crippen molar-refractivity contribution < 1.29 is 9.18 Å². The number of halogens is 1. The van der Waals surface area contributed by atoms with Crippen LogP contribution >= 0.6 is 0 Å². The van der Waals surface area contributed by atoms with E-state index in [9.17, 15) is 18.8 Å². The zero-order chi connectivity index (χ0) is 15.1. The zero-order valence-electron chi connectivity index (χ0n) is 11.8. The van der Waals surface area contributed by atoms with Gasteiger partial charge in [-0.15, -0.1) is 0 Å². The topological polar surface area (TPSA) is 73.1 Å². The van der Waals surface area contributed by atoms with Crippen molar-refractivity contribution in [2.75, 3.05) is 6.54 Å². The summed E-state index contributed by atoms with van der Waals surface area (Å²) in [6.07, 6.45) is 4.57. The molecule has 0 aliphatic rings. The van der Waals surface area contributed by atoms with Crippen LogP contribution in [0.25, 0.3) is 0 Å². The van der Waals surface area contributed by atoms with Crippen molar-refractivity contribution in [3.05, 3.63) is 32.9 Å². The molecule has 7 heteroatoms. The van der Waals surface area contributed by atoms with E-state index in [0.717, 1.165) is 25.7 Å². The number of nitrogens with one attached hydrogen (secondary N) is 1. The van der Waals surface area contributed by atoms with E-state index in [1.54, 1.807) is 0 Å². The molecule has 0 unspecified atom stereocenters. The van der Waals surface area contributed by atoms with Gasteiger partial charge in [0.15, 0.2) is 0 Å². The molecular weight excluding hydrogens is 265 g/mol. The van der Waals surface area contributed by atoms with Gasteiger partial charge in [-0.05, 0) is 13.3 Å². The number of rotatable bonds is 6. The molecule has 1 aromatic heterocycles. The number of hydrogen-bond acceptors (Lipinski definition) is 3. The van der Waals surface area contributed by atoms with E-state index < -0.39 is 23.1 Å². The van der Waals surface area contributed by atoms with Gasteiger partial charge >= 0.3 is 11.7 Å². The minimum absolute atomic E-state index is 0.0131. The molecule has 1 aromatic rings. The fourth-order valence-electron chi connectivity index (χ4n) is 1.83. The van der Waals surface area contributed by atoms with E-state index in [-0.39, 0.29) is 6.54 Å². The van der Waals surface area contributed by atoms with Crippen molar-refractivity contribution in [2.45, 2.75) is 46.1 Å². The normalized spacial score (nSPS) is 10.6. The van der Waals surface area contributed by atoms with Crippen LogP contribution in [0.15, 0.2) is 15.8 Å². The Morgan fingerprint density at radius 2 is 1.95 bits per heavy atom. The summed E-state index contributed by atoms with van der Waals surface area (Å²) < 4.78 is 14.7. The highest BCUT2D eigenvalue weighted by Crippen LogP contribution is 1.97. The van der Waals surface area contributed by atoms with Crippen LogP contribution in [0.2, 0.25) is 0 Å². The fourth-order valence-corrected chi connectivity index (χ4v) is 1.83. The van der Waals surface area contributed by atoms with Crippen LogP contribution in [0.4, 0.5) is 9.18 Å². The highest BCUT2D eigenvalue weighted by Gasteiger charge is 2.14. The quantitative estimate of drug-likeness (QED) is 0.801. The number of hydrogen-bond donors (Lipinski definition) is 1. The van der Waals surface area contributed by atoms with Crippen molar-refractivity contribution >= 4 is 6.03 Å². The molecule has 0 spiro atoms. The smallest absolute Gasteiger partial charge is 0.337 e. The second-order valence-electron chi connectivity index (χ2n) is 4.47. The summed E-state index contributed by atoms with van der Waals surface area (Å²) in [7, 11) is 0. The van der Waals surface area contributed by atoms with E-state index in [2.05, 4.69) is 12.2 Å². The van der Waals surface area contributed by atoms with Crippen molar-refractivity contribution in [1.29, 1.82) is 0 Å². The Morgan fingerprint density at radius 1 is 1.25 bits per heavy atom. The molecule has 0 saturated heterocycles. The van der Waals surface area contributed by atoms with Crippen molar-refractivity contribution in [3.8, 4) is 0 Å². The van der Waals surface area contributed by atoms with Gasteiger partial charge in [-0.1, -0.05) is 26.2 Å². The number of aromatic nitrogens is 2. The Hall–Kier alpha value is -1.92. The van der Waals surface area contributed by atoms with Gasteiger partial charge in [-0.3, -0.25) is 9.36 Å². The second-order valence-corrected chi connectivity index (χ2v) is 4.47. The number of amides is 1. The van der Waals surface area contributed by atoms with Crippen molar-refractivity contribution in [1.82, 2.24) is 14.5 Å². The molecule has 1 amide bonds. The lowest BCUT2D eigenvalue weighted by molar-refractivity contribution is 0.239. The van der Waals surface area contributed by atoms with Gasteiger partial charge in [-0.25, -0.2) is 14.2 Å². The largest absolute Gasteiger partial charge is 0.339 e. The van der Waals surface area contributed by atoms with Crippen LogP contribution in [0.3, 0.4) is 0 Å². The second kappa shape index (κ2) is 7.62. The van der Waals surface area contributed by atoms with Gasteiger partial charge < -0.3 is 5.32 Å². The summed E-state index contributed by atoms with van der Waals surface area (Å²) in [6.45, 7) is 4.04. The van der Waals surface area contributed by atoms with Crippen LogP contribution in [0.1, 0.15) is 39.5 Å². The minimum atomic E-state index is -1.12. The van der Waals surface area contributed by atoms with Crippen LogP contribution < -0.4 is 16.6 Å². The maximum Gasteiger partial charge on any atom is 0.339 e. The molecule has 0 radical (unpaired) electrons. The molecule has 0 aliphatic heterocycles. The highest BCUT2D eigenvalue weighted by molar-refractivity contribution is 5.76. The summed E-state index contributed by atoms with van der Waals surface area (Å²) >= 11 is 0. The number of unbranched alkanes of at least 4 members (excludes halogenated alkanes) is 3. The third kappa shape index (κ3) is 3.79. The predicted octanol–water partition coefficient (Wildman–Crippen LogP) is 1.31. The van der Waals surface area contributed by atoms with Crippen LogP contribution in [0.5, 0.6) is 0 Å². The summed E-state index contributed by atoms with van der Waals surface area (Å²) in [6, 6.07) is -0.715. The lowest BCUT2D eigenvalue weighted by atomic mass is 10.2. The van der Waals surface area contributed by atoms with Crippen molar-refractivity contribution in [2.24, 2.45) is 0 Å². The van der Waals surface area contributed by atoms with Crippen molar-refractivity contribution in [3.63, 3.8) is 0 Å². The molecule has 0 saturated carbocycles. The fraction of sp³-hybridized carbons (Fsp3) is 0.615. The maximum absolute atomic E-state index is 13.4. The monoisotopic (exact) mass is 285 g/mol. The lowest BCUT2D eigenvalue weighted by Crippen LogP contribution is -2.46. The first-order chi connectivity index (χ1) is 9.52. The molecule has 0 atom stereocenters. The first-order valence-electron chi connectivity index (χ1n) is 6.83. The van der Waals surface area contributed by atoms with E-state index in [0.29, 0.717) is 21.9 Å². The molecule has 1 N–H and O–H groups in total. The Kier molecular flexibility index (Phi) is 6.14. The van der Waals surface area contributed by atoms with Gasteiger partial charge in [0.1, 0.15) is 0 Å². The lowest BCUT2D eigenvalue weighted by Gasteiger charge is -2.09. The minimum Gasteiger partial charge on any atom is -0.337 e. The Balaban J connectivity index is 2.81. The van der Waals surface area contributed by atoms with E-state index in [1.165, 1.54) is 6.92 Å². The highest BCUT2D eigenvalue weighted by atomic mass is 19.1. The van der Waals surface area contributed by atoms with Gasteiger partial charge in [0.2, 0.25) is 5.82 Å². The van der Waals surface area contributed by atoms with Crippen LogP contribution in [0, 0.1) is 5.82 Å². The third-order valence-corrected chi connectivity index (χ3v) is 2.97. The van der Waals surface area contributed by atoms with Gasteiger partial charge in [0.25, 0.3) is 5.56 Å². The first-order valence-corrected chi connectivity index (χ1v) is 6.83. The average molecular weight is 285 g/mol. The molecule has 0 fully saturated rings. The summed E-state index contributed by atoms with van der Waals surface area (Å²) in [5, 5.41) is 2.54. The number of carbonyl (C=O) groups excluding carboxylic acids is 1. The zero-order valence-corrected chi connectivity index (χ0v) is 11.8. The maximum atomic E-state index is 13.4. The molecule has 1 heterocycles. The van der Waals surface area contributed by atoms with Crippen LogP contribution in [-0.2, 0) is 6.54 Å². The van der Waals surface area contributed by atoms with E-state index in [4.69, 9.17) is 0 Å². The molecule has 0 aromatic carbocycles.